The third kappa shape index (κ3) is 9.61. The van der Waals surface area contributed by atoms with Crippen LogP contribution in [0, 0.1) is 10.1 Å². The van der Waals surface area contributed by atoms with Gasteiger partial charge in [-0.2, -0.15) is 0 Å². The van der Waals surface area contributed by atoms with Crippen molar-refractivity contribution in [1.82, 2.24) is 20.4 Å². The second-order valence-electron chi connectivity index (χ2n) is 8.95. The number of hydrogen-bond acceptors (Lipinski definition) is 6. The molecule has 1 heterocycles. The molecular weight excluding hydrogens is 412 g/mol. The van der Waals surface area contributed by atoms with Gasteiger partial charge in [0.25, 0.3) is 5.69 Å². The number of carbonyl (C=O) groups is 1. The van der Waals surface area contributed by atoms with E-state index in [1.165, 1.54) is 12.1 Å². The van der Waals surface area contributed by atoms with Crippen LogP contribution >= 0.6 is 0 Å². The van der Waals surface area contributed by atoms with Gasteiger partial charge in [-0.15, -0.1) is 0 Å². The molecule has 1 aliphatic heterocycles. The molecule has 0 radical (unpaired) electrons. The van der Waals surface area contributed by atoms with Crippen molar-refractivity contribution in [3.8, 4) is 0 Å². The number of nitrogens with one attached hydrogen (secondary N) is 2. The summed E-state index contributed by atoms with van der Waals surface area (Å²) in [6.45, 7) is 11.5. The Labute approximate surface area is 190 Å². The van der Waals surface area contributed by atoms with E-state index in [1.54, 1.807) is 17.0 Å². The number of ether oxygens (including phenoxy) is 1. The summed E-state index contributed by atoms with van der Waals surface area (Å²) in [6.07, 6.45) is 0.943. The van der Waals surface area contributed by atoms with Crippen LogP contribution in [-0.2, 0) is 16.1 Å². The van der Waals surface area contributed by atoms with Crippen LogP contribution in [-0.4, -0.2) is 85.1 Å². The van der Waals surface area contributed by atoms with Crippen LogP contribution in [0.25, 0.3) is 0 Å². The summed E-state index contributed by atoms with van der Waals surface area (Å²) in [5.74, 6) is 0.535. The molecule has 1 aromatic rings. The Balaban J connectivity index is 1.97. The molecule has 0 bridgehead atoms. The highest BCUT2D eigenvalue weighted by molar-refractivity contribution is 5.86. The highest BCUT2D eigenvalue weighted by Gasteiger charge is 2.17. The van der Waals surface area contributed by atoms with Crippen molar-refractivity contribution < 1.29 is 14.5 Å². The molecule has 1 saturated heterocycles. The third-order valence-corrected chi connectivity index (χ3v) is 4.85. The van der Waals surface area contributed by atoms with Gasteiger partial charge in [0, 0.05) is 44.4 Å². The first kappa shape index (κ1) is 25.5. The minimum Gasteiger partial charge on any atom is -0.379 e. The average Bonchev–Trinajstić information content (AvgIpc) is 2.72. The van der Waals surface area contributed by atoms with E-state index >= 15 is 0 Å². The summed E-state index contributed by atoms with van der Waals surface area (Å²) >= 11 is 0. The predicted octanol–water partition coefficient (Wildman–Crippen LogP) is 1.61. The van der Waals surface area contributed by atoms with Gasteiger partial charge in [-0.25, -0.2) is 4.99 Å². The zero-order valence-electron chi connectivity index (χ0n) is 19.6. The molecule has 1 aliphatic rings. The van der Waals surface area contributed by atoms with Crippen LogP contribution < -0.4 is 10.6 Å². The molecule has 0 spiro atoms. The molecule has 178 valence electrons. The normalized spacial score (nSPS) is 15.3. The van der Waals surface area contributed by atoms with Crippen molar-refractivity contribution in [3.05, 3.63) is 39.9 Å². The number of nitro groups is 1. The molecule has 1 aromatic carbocycles. The van der Waals surface area contributed by atoms with Gasteiger partial charge in [0.1, 0.15) is 0 Å². The molecule has 32 heavy (non-hydrogen) atoms. The number of rotatable bonds is 9. The van der Waals surface area contributed by atoms with Crippen molar-refractivity contribution in [3.63, 3.8) is 0 Å². The van der Waals surface area contributed by atoms with Gasteiger partial charge < -0.3 is 20.3 Å². The highest BCUT2D eigenvalue weighted by atomic mass is 16.6. The van der Waals surface area contributed by atoms with Gasteiger partial charge >= 0.3 is 0 Å². The summed E-state index contributed by atoms with van der Waals surface area (Å²) < 4.78 is 5.38. The standard InChI is InChI=1S/C22H36N6O4/c1-22(2,3)25-20(29)17-26(4)21(23-10-5-11-27-12-14-32-15-13-27)24-16-18-6-8-19(9-7-18)28(30)31/h6-9H,5,10-17H2,1-4H3,(H,23,24)(H,25,29). The molecule has 1 fully saturated rings. The number of aliphatic imine (C=N–C) groups is 1. The molecular formula is C22H36N6O4. The fourth-order valence-electron chi connectivity index (χ4n) is 3.28. The summed E-state index contributed by atoms with van der Waals surface area (Å²) in [7, 11) is 1.83. The fraction of sp³-hybridized carbons (Fsp3) is 0.636. The van der Waals surface area contributed by atoms with E-state index in [-0.39, 0.29) is 23.7 Å². The van der Waals surface area contributed by atoms with E-state index in [9.17, 15) is 14.9 Å². The van der Waals surface area contributed by atoms with Crippen LogP contribution in [0.5, 0.6) is 0 Å². The molecule has 10 nitrogen and oxygen atoms in total. The molecule has 0 unspecified atom stereocenters. The third-order valence-electron chi connectivity index (χ3n) is 4.85. The molecule has 1 amide bonds. The van der Waals surface area contributed by atoms with E-state index in [2.05, 4.69) is 20.5 Å². The second-order valence-corrected chi connectivity index (χ2v) is 8.95. The number of likely N-dealkylation sites (N-methyl/N-ethyl adjacent to an activating group) is 1. The number of nitro benzene ring substituents is 1. The second kappa shape index (κ2) is 12.4. The largest absolute Gasteiger partial charge is 0.379 e. The maximum atomic E-state index is 12.4. The minimum atomic E-state index is -0.421. The van der Waals surface area contributed by atoms with Crippen molar-refractivity contribution in [2.45, 2.75) is 39.3 Å². The van der Waals surface area contributed by atoms with Crippen LogP contribution in [0.3, 0.4) is 0 Å². The van der Waals surface area contributed by atoms with E-state index in [4.69, 9.17) is 4.74 Å². The van der Waals surface area contributed by atoms with Crippen LogP contribution in [0.2, 0.25) is 0 Å². The van der Waals surface area contributed by atoms with Crippen LogP contribution in [0.1, 0.15) is 32.8 Å². The van der Waals surface area contributed by atoms with Gasteiger partial charge in [0.15, 0.2) is 5.96 Å². The number of benzene rings is 1. The first-order chi connectivity index (χ1) is 15.1. The van der Waals surface area contributed by atoms with Crippen LogP contribution in [0.15, 0.2) is 29.3 Å². The Morgan fingerprint density at radius 3 is 2.50 bits per heavy atom. The molecule has 0 saturated carbocycles. The monoisotopic (exact) mass is 448 g/mol. The zero-order valence-corrected chi connectivity index (χ0v) is 19.6. The smallest absolute Gasteiger partial charge is 0.269 e. The van der Waals surface area contributed by atoms with Gasteiger partial charge in [0.2, 0.25) is 5.91 Å². The van der Waals surface area contributed by atoms with Crippen molar-refractivity contribution in [1.29, 1.82) is 0 Å². The molecule has 2 N–H and O–H groups in total. The first-order valence-corrected chi connectivity index (χ1v) is 11.0. The summed E-state index contributed by atoms with van der Waals surface area (Å²) in [5, 5.41) is 17.2. The lowest BCUT2D eigenvalue weighted by molar-refractivity contribution is -0.384. The SMILES string of the molecule is CN(CC(=O)NC(C)(C)C)C(=NCc1ccc([N+](=O)[O-])cc1)NCCCN1CCOCC1. The number of carbonyl (C=O) groups excluding carboxylic acids is 1. The number of non-ortho nitro benzene ring substituents is 1. The topological polar surface area (TPSA) is 112 Å². The Morgan fingerprint density at radius 1 is 1.25 bits per heavy atom. The predicted molar refractivity (Wildman–Crippen MR) is 125 cm³/mol. The van der Waals surface area contributed by atoms with Gasteiger partial charge in [0.05, 0.1) is 31.2 Å². The first-order valence-electron chi connectivity index (χ1n) is 11.0. The van der Waals surface area contributed by atoms with Gasteiger partial charge in [-0.05, 0) is 39.3 Å². The minimum absolute atomic E-state index is 0.0511. The van der Waals surface area contributed by atoms with Crippen molar-refractivity contribution in [2.24, 2.45) is 4.99 Å². The number of nitrogens with zero attached hydrogens (tertiary/aromatic N) is 4. The summed E-state index contributed by atoms with van der Waals surface area (Å²) in [5.41, 5.74) is 0.602. The number of guanidine groups is 1. The Morgan fingerprint density at radius 2 is 1.91 bits per heavy atom. The number of amides is 1. The van der Waals surface area contributed by atoms with E-state index in [0.29, 0.717) is 12.5 Å². The lowest BCUT2D eigenvalue weighted by Gasteiger charge is -2.27. The molecule has 0 aliphatic carbocycles. The Bertz CT molecular complexity index is 770. The van der Waals surface area contributed by atoms with Gasteiger partial charge in [-0.1, -0.05) is 12.1 Å². The van der Waals surface area contributed by atoms with Gasteiger partial charge in [-0.3, -0.25) is 19.8 Å². The average molecular weight is 449 g/mol. The fourth-order valence-corrected chi connectivity index (χ4v) is 3.28. The lowest BCUT2D eigenvalue weighted by atomic mass is 10.1. The van der Waals surface area contributed by atoms with Crippen molar-refractivity contribution in [2.75, 3.05) is 53.0 Å². The summed E-state index contributed by atoms with van der Waals surface area (Å²) in [6, 6.07) is 6.34. The maximum Gasteiger partial charge on any atom is 0.269 e. The maximum absolute atomic E-state index is 12.4. The number of hydrogen-bond donors (Lipinski definition) is 2. The summed E-state index contributed by atoms with van der Waals surface area (Å²) in [4.78, 5) is 31.6. The Hall–Kier alpha value is -2.72. The molecule has 2 rings (SSSR count). The molecule has 0 aromatic heterocycles. The lowest BCUT2D eigenvalue weighted by Crippen LogP contribution is -2.49. The van der Waals surface area contributed by atoms with E-state index in [1.807, 2.05) is 27.8 Å². The van der Waals surface area contributed by atoms with Crippen LogP contribution in [0.4, 0.5) is 5.69 Å². The quantitative estimate of drug-likeness (QED) is 0.194. The van der Waals surface area contributed by atoms with Crippen molar-refractivity contribution >= 4 is 17.6 Å². The Kier molecular flexibility index (Phi) is 9.86. The highest BCUT2D eigenvalue weighted by Crippen LogP contribution is 2.12. The van der Waals surface area contributed by atoms with E-state index < -0.39 is 4.92 Å². The zero-order chi connectivity index (χ0) is 23.6. The molecule has 0 atom stereocenters. The van der Waals surface area contributed by atoms with E-state index in [0.717, 1.165) is 51.4 Å². The number of morpholine rings is 1. The molecule has 10 heteroatoms.